The van der Waals surface area contributed by atoms with Crippen LogP contribution >= 0.6 is 0 Å². The molecule has 124 valence electrons. The second-order valence-corrected chi connectivity index (χ2v) is 6.34. The van der Waals surface area contributed by atoms with Gasteiger partial charge in [0, 0.05) is 32.1 Å². The molecule has 2 saturated heterocycles. The Balaban J connectivity index is 1.55. The highest BCUT2D eigenvalue weighted by molar-refractivity contribution is 5.94. The minimum absolute atomic E-state index is 0.104. The van der Waals surface area contributed by atoms with Crippen molar-refractivity contribution in [3.63, 3.8) is 0 Å². The zero-order valence-corrected chi connectivity index (χ0v) is 13.7. The molecule has 0 spiro atoms. The van der Waals surface area contributed by atoms with Crippen LogP contribution in [-0.2, 0) is 4.79 Å². The molecule has 0 aliphatic carbocycles. The van der Waals surface area contributed by atoms with Crippen molar-refractivity contribution < 1.29 is 14.3 Å². The number of rotatable bonds is 4. The predicted octanol–water partition coefficient (Wildman–Crippen LogP) is 2.31. The number of amides is 2. The van der Waals surface area contributed by atoms with Crippen LogP contribution in [0.4, 0.5) is 0 Å². The first-order valence-electron chi connectivity index (χ1n) is 8.44. The maximum Gasteiger partial charge on any atom is 0.253 e. The fourth-order valence-electron chi connectivity index (χ4n) is 3.41. The summed E-state index contributed by atoms with van der Waals surface area (Å²) >= 11 is 0. The number of hydrogen-bond donors (Lipinski definition) is 0. The average Bonchev–Trinajstić information content (AvgIpc) is 3.24. The first-order valence-corrected chi connectivity index (χ1v) is 8.44. The van der Waals surface area contributed by atoms with Crippen LogP contribution in [0.2, 0.25) is 0 Å². The van der Waals surface area contributed by atoms with Crippen molar-refractivity contribution in [2.75, 3.05) is 26.2 Å². The normalized spacial score (nSPS) is 20.8. The highest BCUT2D eigenvalue weighted by Gasteiger charge is 2.27. The van der Waals surface area contributed by atoms with Gasteiger partial charge in [-0.3, -0.25) is 9.59 Å². The Kier molecular flexibility index (Phi) is 4.84. The van der Waals surface area contributed by atoms with Crippen LogP contribution in [0.15, 0.2) is 24.3 Å². The van der Waals surface area contributed by atoms with Gasteiger partial charge in [0.2, 0.25) is 5.91 Å². The Morgan fingerprint density at radius 3 is 2.43 bits per heavy atom. The molecule has 0 N–H and O–H groups in total. The van der Waals surface area contributed by atoms with Crippen LogP contribution in [0.5, 0.6) is 5.75 Å². The van der Waals surface area contributed by atoms with Gasteiger partial charge in [-0.15, -0.1) is 0 Å². The van der Waals surface area contributed by atoms with Gasteiger partial charge >= 0.3 is 0 Å². The van der Waals surface area contributed by atoms with Gasteiger partial charge in [-0.05, 0) is 49.9 Å². The smallest absolute Gasteiger partial charge is 0.253 e. The Labute approximate surface area is 137 Å². The second kappa shape index (κ2) is 7.02. The summed E-state index contributed by atoms with van der Waals surface area (Å²) < 4.78 is 5.81. The number of ether oxygens (including phenoxy) is 1. The molecule has 0 radical (unpaired) electrons. The number of carbonyl (C=O) groups is 2. The van der Waals surface area contributed by atoms with Gasteiger partial charge in [-0.1, -0.05) is 0 Å². The van der Waals surface area contributed by atoms with Crippen molar-refractivity contribution >= 4 is 11.8 Å². The summed E-state index contributed by atoms with van der Waals surface area (Å²) in [7, 11) is 0. The van der Waals surface area contributed by atoms with Crippen LogP contribution < -0.4 is 4.74 Å². The van der Waals surface area contributed by atoms with Gasteiger partial charge in [0.15, 0.2) is 0 Å². The van der Waals surface area contributed by atoms with Gasteiger partial charge in [-0.25, -0.2) is 0 Å². The van der Waals surface area contributed by atoms with Gasteiger partial charge in [-0.2, -0.15) is 0 Å². The Morgan fingerprint density at radius 1 is 1.09 bits per heavy atom. The molecule has 2 heterocycles. The van der Waals surface area contributed by atoms with Gasteiger partial charge in [0.05, 0.1) is 6.04 Å². The maximum absolute atomic E-state index is 12.3. The molecule has 0 aromatic heterocycles. The topological polar surface area (TPSA) is 49.9 Å². The molecule has 0 bridgehead atoms. The molecule has 1 aromatic rings. The molecule has 2 fully saturated rings. The lowest BCUT2D eigenvalue weighted by molar-refractivity contribution is -0.130. The molecule has 0 saturated carbocycles. The van der Waals surface area contributed by atoms with Crippen LogP contribution in [0.1, 0.15) is 43.0 Å². The van der Waals surface area contributed by atoms with E-state index in [0.29, 0.717) is 12.2 Å². The number of nitrogens with zero attached hydrogens (tertiary/aromatic N) is 2. The van der Waals surface area contributed by atoms with Crippen LogP contribution in [-0.4, -0.2) is 53.9 Å². The van der Waals surface area contributed by atoms with Gasteiger partial charge in [0.25, 0.3) is 5.91 Å². The largest absolute Gasteiger partial charge is 0.491 e. The van der Waals surface area contributed by atoms with E-state index in [9.17, 15) is 9.59 Å². The third-order valence-electron chi connectivity index (χ3n) is 4.72. The average molecular weight is 316 g/mol. The van der Waals surface area contributed by atoms with Crippen molar-refractivity contribution in [3.05, 3.63) is 29.8 Å². The lowest BCUT2D eigenvalue weighted by Crippen LogP contribution is -2.37. The quantitative estimate of drug-likeness (QED) is 0.856. The minimum atomic E-state index is 0.104. The Bertz CT molecular complexity index is 564. The van der Waals surface area contributed by atoms with Gasteiger partial charge < -0.3 is 14.5 Å². The number of carbonyl (C=O) groups excluding carboxylic acids is 2. The molecule has 23 heavy (non-hydrogen) atoms. The molecule has 0 unspecified atom stereocenters. The molecule has 1 atom stereocenters. The van der Waals surface area contributed by atoms with Crippen LogP contribution in [0, 0.1) is 0 Å². The monoisotopic (exact) mass is 316 g/mol. The van der Waals surface area contributed by atoms with E-state index in [4.69, 9.17) is 4.74 Å². The third-order valence-corrected chi connectivity index (χ3v) is 4.72. The first-order chi connectivity index (χ1) is 11.1. The fraction of sp³-hybridized carbons (Fsp3) is 0.556. The van der Waals surface area contributed by atoms with Crippen molar-refractivity contribution in [2.24, 2.45) is 0 Å². The summed E-state index contributed by atoms with van der Waals surface area (Å²) in [6, 6.07) is 7.51. The molecule has 5 nitrogen and oxygen atoms in total. The van der Waals surface area contributed by atoms with E-state index >= 15 is 0 Å². The molecule has 3 rings (SSSR count). The number of likely N-dealkylation sites (tertiary alicyclic amines) is 2. The lowest BCUT2D eigenvalue weighted by Gasteiger charge is -2.23. The zero-order chi connectivity index (χ0) is 16.2. The molecular weight excluding hydrogens is 292 g/mol. The Hall–Kier alpha value is -2.04. The highest BCUT2D eigenvalue weighted by Crippen LogP contribution is 2.20. The SMILES string of the molecule is CC(=O)N1CCC[C@H]1COc1ccc(C(=O)N2CCCC2)cc1. The second-order valence-electron chi connectivity index (χ2n) is 6.34. The third kappa shape index (κ3) is 3.66. The predicted molar refractivity (Wildman–Crippen MR) is 87.5 cm³/mol. The van der Waals surface area contributed by atoms with Crippen molar-refractivity contribution in [2.45, 2.75) is 38.6 Å². The first kappa shape index (κ1) is 15.8. The minimum Gasteiger partial charge on any atom is -0.491 e. The molecule has 2 aliphatic heterocycles. The number of hydrogen-bond acceptors (Lipinski definition) is 3. The summed E-state index contributed by atoms with van der Waals surface area (Å²) in [5.74, 6) is 0.966. The highest BCUT2D eigenvalue weighted by atomic mass is 16.5. The van der Waals surface area contributed by atoms with E-state index in [1.54, 1.807) is 6.92 Å². The van der Waals surface area contributed by atoms with E-state index < -0.39 is 0 Å². The summed E-state index contributed by atoms with van der Waals surface area (Å²) in [5, 5.41) is 0. The zero-order valence-electron chi connectivity index (χ0n) is 13.7. The van der Waals surface area contributed by atoms with E-state index in [-0.39, 0.29) is 17.9 Å². The molecule has 5 heteroatoms. The summed E-state index contributed by atoms with van der Waals surface area (Å²) in [5.41, 5.74) is 0.713. The van der Waals surface area contributed by atoms with E-state index in [0.717, 1.165) is 51.1 Å². The van der Waals surface area contributed by atoms with E-state index in [1.807, 2.05) is 34.1 Å². The van der Waals surface area contributed by atoms with Gasteiger partial charge in [0.1, 0.15) is 12.4 Å². The van der Waals surface area contributed by atoms with Crippen molar-refractivity contribution in [1.82, 2.24) is 9.80 Å². The standard InChI is InChI=1S/C18H24N2O3/c1-14(21)20-12-4-5-16(20)13-23-17-8-6-15(7-9-17)18(22)19-10-2-3-11-19/h6-9,16H,2-5,10-13H2,1H3/t16-/m0/s1. The number of benzene rings is 1. The van der Waals surface area contributed by atoms with Crippen molar-refractivity contribution in [3.8, 4) is 5.75 Å². The van der Waals surface area contributed by atoms with Crippen LogP contribution in [0.25, 0.3) is 0 Å². The summed E-state index contributed by atoms with van der Waals surface area (Å²) in [6.07, 6.45) is 4.23. The van der Waals surface area contributed by atoms with Crippen LogP contribution in [0.3, 0.4) is 0 Å². The Morgan fingerprint density at radius 2 is 1.78 bits per heavy atom. The fourth-order valence-corrected chi connectivity index (χ4v) is 3.41. The van der Waals surface area contributed by atoms with E-state index in [2.05, 4.69) is 0 Å². The summed E-state index contributed by atoms with van der Waals surface area (Å²) in [4.78, 5) is 27.6. The molecular formula is C18H24N2O3. The maximum atomic E-state index is 12.3. The molecule has 2 amide bonds. The lowest BCUT2D eigenvalue weighted by atomic mass is 10.2. The van der Waals surface area contributed by atoms with E-state index in [1.165, 1.54) is 0 Å². The molecule has 2 aliphatic rings. The van der Waals surface area contributed by atoms with Crippen molar-refractivity contribution in [1.29, 1.82) is 0 Å². The summed E-state index contributed by atoms with van der Waals surface area (Å²) in [6.45, 7) is 4.67. The molecule has 1 aromatic carbocycles.